The van der Waals surface area contributed by atoms with Crippen LogP contribution >= 0.6 is 0 Å². The molecule has 3 N–H and O–H groups in total. The number of amides is 2. The Bertz CT molecular complexity index is 205. The molecule has 1 atom stereocenters. The third-order valence-electron chi connectivity index (χ3n) is 1.04. The van der Waals surface area contributed by atoms with Crippen LogP contribution in [0.2, 0.25) is 0 Å². The molecule has 0 aliphatic rings. The third-order valence-corrected chi connectivity index (χ3v) is 1.04. The van der Waals surface area contributed by atoms with Crippen molar-refractivity contribution in [3.63, 3.8) is 0 Å². The maximum atomic E-state index is 10.5. The first-order valence-corrected chi connectivity index (χ1v) is 3.07. The highest BCUT2D eigenvalue weighted by Gasteiger charge is 2.13. The van der Waals surface area contributed by atoms with Crippen LogP contribution < -0.4 is 11.1 Å². The summed E-state index contributed by atoms with van der Waals surface area (Å²) < 4.78 is 0. The molecule has 0 aromatic carbocycles. The number of carbonyl (C=O) groups excluding carboxylic acids is 2. The van der Waals surface area contributed by atoms with Gasteiger partial charge in [-0.2, -0.15) is 0 Å². The first kappa shape index (κ1) is 9.50. The Morgan fingerprint density at radius 2 is 2.27 bits per heavy atom. The highest BCUT2D eigenvalue weighted by Crippen LogP contribution is 1.87. The van der Waals surface area contributed by atoms with Crippen molar-refractivity contribution in [3.05, 3.63) is 0 Å². The lowest BCUT2D eigenvalue weighted by molar-refractivity contribution is -0.126. The van der Waals surface area contributed by atoms with E-state index in [0.717, 1.165) is 0 Å². The van der Waals surface area contributed by atoms with E-state index >= 15 is 0 Å². The highest BCUT2D eigenvalue weighted by atomic mass is 16.2. The maximum Gasteiger partial charge on any atom is 0.240 e. The summed E-state index contributed by atoms with van der Waals surface area (Å²) in [6, 6.07) is -0.738. The predicted molar refractivity (Wildman–Crippen MR) is 40.2 cm³/mol. The van der Waals surface area contributed by atoms with E-state index in [1.807, 2.05) is 0 Å². The zero-order valence-corrected chi connectivity index (χ0v) is 6.26. The van der Waals surface area contributed by atoms with Crippen LogP contribution in [0, 0.1) is 12.3 Å². The van der Waals surface area contributed by atoms with E-state index in [0.29, 0.717) is 0 Å². The molecule has 0 unspecified atom stereocenters. The van der Waals surface area contributed by atoms with Crippen LogP contribution in [0.15, 0.2) is 0 Å². The van der Waals surface area contributed by atoms with Crippen LogP contribution in [0.4, 0.5) is 0 Å². The molecule has 4 heteroatoms. The number of primary amides is 1. The summed E-state index contributed by atoms with van der Waals surface area (Å²) in [6.45, 7) is 1.30. The minimum atomic E-state index is -0.738. The van der Waals surface area contributed by atoms with Gasteiger partial charge in [0.1, 0.15) is 6.04 Å². The van der Waals surface area contributed by atoms with Gasteiger partial charge in [-0.15, -0.1) is 12.3 Å². The van der Waals surface area contributed by atoms with Gasteiger partial charge in [0.2, 0.25) is 11.8 Å². The lowest BCUT2D eigenvalue weighted by atomic mass is 10.2. The van der Waals surface area contributed by atoms with E-state index in [9.17, 15) is 9.59 Å². The molecule has 2 amide bonds. The molecule has 11 heavy (non-hydrogen) atoms. The van der Waals surface area contributed by atoms with E-state index < -0.39 is 11.9 Å². The fourth-order valence-electron chi connectivity index (χ4n) is 0.586. The molecule has 0 aliphatic heterocycles. The Labute approximate surface area is 65.1 Å². The smallest absolute Gasteiger partial charge is 0.240 e. The topological polar surface area (TPSA) is 72.2 Å². The Morgan fingerprint density at radius 3 is 2.55 bits per heavy atom. The summed E-state index contributed by atoms with van der Waals surface area (Å²) in [7, 11) is 0. The van der Waals surface area contributed by atoms with Gasteiger partial charge in [-0.25, -0.2) is 0 Å². The molecule has 0 bridgehead atoms. The van der Waals surface area contributed by atoms with Crippen LogP contribution in [0.5, 0.6) is 0 Å². The number of hydrogen-bond acceptors (Lipinski definition) is 2. The van der Waals surface area contributed by atoms with Crippen molar-refractivity contribution in [1.29, 1.82) is 0 Å². The summed E-state index contributed by atoms with van der Waals surface area (Å²) in [5.41, 5.74) is 4.92. The molecule has 0 aromatic heterocycles. The summed E-state index contributed by atoms with van der Waals surface area (Å²) in [6.07, 6.45) is 5.07. The first-order valence-electron chi connectivity index (χ1n) is 3.07. The molecular formula is C7H10N2O2. The summed E-state index contributed by atoms with van der Waals surface area (Å²) in [5, 5.41) is 2.32. The van der Waals surface area contributed by atoms with Crippen molar-refractivity contribution >= 4 is 11.8 Å². The summed E-state index contributed by atoms with van der Waals surface area (Å²) in [5.74, 6) is 1.31. The molecule has 0 aliphatic carbocycles. The number of hydrogen-bond donors (Lipinski definition) is 2. The second kappa shape index (κ2) is 4.34. The average molecular weight is 154 g/mol. The van der Waals surface area contributed by atoms with Crippen molar-refractivity contribution < 1.29 is 9.59 Å². The van der Waals surface area contributed by atoms with Gasteiger partial charge in [0, 0.05) is 13.3 Å². The van der Waals surface area contributed by atoms with E-state index in [4.69, 9.17) is 12.2 Å². The maximum absolute atomic E-state index is 10.5. The van der Waals surface area contributed by atoms with Crippen LogP contribution in [0.1, 0.15) is 13.3 Å². The van der Waals surface area contributed by atoms with Gasteiger partial charge in [0.25, 0.3) is 0 Å². The van der Waals surface area contributed by atoms with Crippen molar-refractivity contribution in [3.8, 4) is 12.3 Å². The number of rotatable bonds is 3. The van der Waals surface area contributed by atoms with Gasteiger partial charge >= 0.3 is 0 Å². The Morgan fingerprint density at radius 1 is 1.73 bits per heavy atom. The lowest BCUT2D eigenvalue weighted by Gasteiger charge is -2.09. The lowest BCUT2D eigenvalue weighted by Crippen LogP contribution is -2.43. The second-order valence-electron chi connectivity index (χ2n) is 2.06. The van der Waals surface area contributed by atoms with Crippen LogP contribution in [0.25, 0.3) is 0 Å². The Balaban J connectivity index is 4.02. The van der Waals surface area contributed by atoms with E-state index in [1.54, 1.807) is 0 Å². The molecule has 0 rings (SSSR count). The monoisotopic (exact) mass is 154 g/mol. The van der Waals surface area contributed by atoms with E-state index in [2.05, 4.69) is 11.2 Å². The van der Waals surface area contributed by atoms with E-state index in [-0.39, 0.29) is 12.3 Å². The highest BCUT2D eigenvalue weighted by molar-refractivity contribution is 5.85. The molecule has 0 saturated carbocycles. The standard InChI is InChI=1S/C7H10N2O2/c1-3-4-6(7(8)11)9-5(2)10/h1,6H,4H2,2H3,(H2,8,11)(H,9,10)/t6-/m1/s1. The SMILES string of the molecule is C#CC[C@@H](NC(C)=O)C(N)=O. The molecule has 0 heterocycles. The minimum absolute atomic E-state index is 0.134. The number of carbonyl (C=O) groups is 2. The van der Waals surface area contributed by atoms with Crippen LogP contribution in [0.3, 0.4) is 0 Å². The molecule has 0 radical (unpaired) electrons. The van der Waals surface area contributed by atoms with Gasteiger partial charge in [-0.3, -0.25) is 9.59 Å². The molecule has 60 valence electrons. The zero-order valence-electron chi connectivity index (χ0n) is 6.26. The molecule has 0 aromatic rings. The number of nitrogens with one attached hydrogen (secondary N) is 1. The van der Waals surface area contributed by atoms with Crippen molar-refractivity contribution in [2.24, 2.45) is 5.73 Å². The second-order valence-corrected chi connectivity index (χ2v) is 2.06. The van der Waals surface area contributed by atoms with Gasteiger partial charge in [-0.1, -0.05) is 0 Å². The molecule has 0 fully saturated rings. The van der Waals surface area contributed by atoms with Gasteiger partial charge in [-0.05, 0) is 0 Å². The Hall–Kier alpha value is -1.50. The van der Waals surface area contributed by atoms with Gasteiger partial charge in [0.05, 0.1) is 0 Å². The molecule has 0 spiro atoms. The normalized spacial score (nSPS) is 11.3. The fraction of sp³-hybridized carbons (Fsp3) is 0.429. The van der Waals surface area contributed by atoms with Crippen molar-refractivity contribution in [2.45, 2.75) is 19.4 Å². The Kier molecular flexibility index (Phi) is 3.75. The predicted octanol–water partition coefficient (Wildman–Crippen LogP) is -1.00. The molecular weight excluding hydrogens is 144 g/mol. The first-order chi connectivity index (χ1) is 5.07. The third kappa shape index (κ3) is 3.98. The quantitative estimate of drug-likeness (QED) is 0.512. The fourth-order valence-corrected chi connectivity index (χ4v) is 0.586. The van der Waals surface area contributed by atoms with Gasteiger partial charge < -0.3 is 11.1 Å². The summed E-state index contributed by atoms with van der Waals surface area (Å²) in [4.78, 5) is 21.0. The van der Waals surface area contributed by atoms with E-state index in [1.165, 1.54) is 6.92 Å². The number of nitrogens with two attached hydrogens (primary N) is 1. The van der Waals surface area contributed by atoms with Crippen LogP contribution in [-0.2, 0) is 9.59 Å². The number of terminal acetylenes is 1. The largest absolute Gasteiger partial charge is 0.368 e. The van der Waals surface area contributed by atoms with Gasteiger partial charge in [0.15, 0.2) is 0 Å². The summed E-state index contributed by atoms with van der Waals surface area (Å²) >= 11 is 0. The average Bonchev–Trinajstić information content (AvgIpc) is 1.86. The molecule has 0 saturated heterocycles. The zero-order chi connectivity index (χ0) is 8.85. The van der Waals surface area contributed by atoms with Crippen molar-refractivity contribution in [1.82, 2.24) is 5.32 Å². The van der Waals surface area contributed by atoms with Crippen molar-refractivity contribution in [2.75, 3.05) is 0 Å². The van der Waals surface area contributed by atoms with Crippen LogP contribution in [-0.4, -0.2) is 17.9 Å². The minimum Gasteiger partial charge on any atom is -0.368 e. The molecule has 4 nitrogen and oxygen atoms in total.